The zero-order valence-electron chi connectivity index (χ0n) is 12.7. The minimum absolute atomic E-state index is 0.837. The van der Waals surface area contributed by atoms with Crippen LogP contribution in [0.5, 0.6) is 0 Å². The molecule has 0 unspecified atom stereocenters. The summed E-state index contributed by atoms with van der Waals surface area (Å²) in [6.45, 7) is 8.31. The Morgan fingerprint density at radius 3 is 2.79 bits per heavy atom. The zero-order chi connectivity index (χ0) is 13.8. The summed E-state index contributed by atoms with van der Waals surface area (Å²) in [5.74, 6) is 1.76. The molecule has 1 saturated heterocycles. The first-order valence-electron chi connectivity index (χ1n) is 7.40. The predicted octanol–water partition coefficient (Wildman–Crippen LogP) is 3.47. The van der Waals surface area contributed by atoms with Crippen molar-refractivity contribution in [2.45, 2.75) is 39.7 Å². The molecule has 1 atom stereocenters. The third-order valence-corrected chi connectivity index (χ3v) is 5.26. The van der Waals surface area contributed by atoms with Crippen LogP contribution in [-0.2, 0) is 6.54 Å². The molecule has 0 saturated carbocycles. The van der Waals surface area contributed by atoms with Gasteiger partial charge in [-0.3, -0.25) is 4.90 Å². The van der Waals surface area contributed by atoms with E-state index in [1.807, 2.05) is 17.5 Å². The monoisotopic (exact) mass is 281 g/mol. The Morgan fingerprint density at radius 2 is 2.16 bits per heavy atom. The molecule has 1 fully saturated rings. The average Bonchev–Trinajstić information content (AvgIpc) is 2.68. The number of thiazole rings is 1. The number of anilines is 1. The van der Waals surface area contributed by atoms with Gasteiger partial charge in [-0.2, -0.15) is 0 Å². The molecule has 1 aliphatic heterocycles. The highest BCUT2D eigenvalue weighted by Gasteiger charge is 2.20. The fourth-order valence-corrected chi connectivity index (χ4v) is 3.68. The maximum absolute atomic E-state index is 4.47. The van der Waals surface area contributed by atoms with Gasteiger partial charge in [0.15, 0.2) is 5.13 Å². The molecular weight excluding hydrogens is 254 g/mol. The van der Waals surface area contributed by atoms with E-state index in [0.29, 0.717) is 0 Å². The third kappa shape index (κ3) is 4.18. The van der Waals surface area contributed by atoms with Gasteiger partial charge < -0.3 is 4.90 Å². The van der Waals surface area contributed by atoms with Crippen LogP contribution >= 0.6 is 11.3 Å². The van der Waals surface area contributed by atoms with Crippen molar-refractivity contribution < 1.29 is 0 Å². The topological polar surface area (TPSA) is 19.4 Å². The van der Waals surface area contributed by atoms with Crippen LogP contribution in [-0.4, -0.2) is 37.1 Å². The molecule has 3 nitrogen and oxygen atoms in total. The Morgan fingerprint density at radius 1 is 1.37 bits per heavy atom. The van der Waals surface area contributed by atoms with Crippen LogP contribution in [0.4, 0.5) is 5.13 Å². The van der Waals surface area contributed by atoms with Gasteiger partial charge in [0, 0.05) is 31.7 Å². The summed E-state index contributed by atoms with van der Waals surface area (Å²) in [7, 11) is 4.11. The van der Waals surface area contributed by atoms with Gasteiger partial charge in [0.25, 0.3) is 0 Å². The van der Waals surface area contributed by atoms with Gasteiger partial charge in [-0.15, -0.1) is 11.3 Å². The summed E-state index contributed by atoms with van der Waals surface area (Å²) >= 11 is 1.82. The fourth-order valence-electron chi connectivity index (χ4n) is 2.80. The summed E-state index contributed by atoms with van der Waals surface area (Å²) < 4.78 is 0. The first kappa shape index (κ1) is 14.8. The second kappa shape index (κ2) is 6.71. The van der Waals surface area contributed by atoms with Crippen LogP contribution in [0.25, 0.3) is 0 Å². The molecule has 2 heterocycles. The molecule has 0 aliphatic carbocycles. The number of hydrogen-bond donors (Lipinski definition) is 0. The molecule has 1 aromatic rings. The molecule has 4 heteroatoms. The van der Waals surface area contributed by atoms with Gasteiger partial charge in [0.2, 0.25) is 0 Å². The van der Waals surface area contributed by atoms with Gasteiger partial charge in [0.05, 0.1) is 0 Å². The summed E-state index contributed by atoms with van der Waals surface area (Å²) in [6, 6.07) is 0. The van der Waals surface area contributed by atoms with Crippen LogP contribution in [0.2, 0.25) is 0 Å². The molecule has 0 radical (unpaired) electrons. The largest absolute Gasteiger partial charge is 0.354 e. The second-order valence-electron chi connectivity index (χ2n) is 6.21. The molecule has 0 aromatic carbocycles. The number of nitrogens with zero attached hydrogens (tertiary/aromatic N) is 3. The Kier molecular flexibility index (Phi) is 5.22. The number of rotatable bonds is 4. The molecule has 1 aliphatic rings. The van der Waals surface area contributed by atoms with E-state index in [1.54, 1.807) is 0 Å². The van der Waals surface area contributed by atoms with Gasteiger partial charge in [-0.1, -0.05) is 13.8 Å². The summed E-state index contributed by atoms with van der Waals surface area (Å²) in [6.07, 6.45) is 6.16. The fraction of sp³-hybridized carbons (Fsp3) is 0.800. The van der Waals surface area contributed by atoms with Crippen molar-refractivity contribution in [2.75, 3.05) is 32.1 Å². The van der Waals surface area contributed by atoms with Crippen molar-refractivity contribution in [3.8, 4) is 0 Å². The normalized spacial score (nSPS) is 21.6. The third-order valence-electron chi connectivity index (χ3n) is 4.11. The van der Waals surface area contributed by atoms with Crippen LogP contribution in [0.15, 0.2) is 6.20 Å². The van der Waals surface area contributed by atoms with E-state index in [9.17, 15) is 0 Å². The molecule has 0 bridgehead atoms. The highest BCUT2D eigenvalue weighted by Crippen LogP contribution is 2.27. The summed E-state index contributed by atoms with van der Waals surface area (Å²) in [4.78, 5) is 10.6. The van der Waals surface area contributed by atoms with Crippen molar-refractivity contribution in [2.24, 2.45) is 11.8 Å². The van der Waals surface area contributed by atoms with Gasteiger partial charge in [-0.05, 0) is 44.2 Å². The van der Waals surface area contributed by atoms with E-state index in [4.69, 9.17) is 0 Å². The quantitative estimate of drug-likeness (QED) is 0.842. The lowest BCUT2D eigenvalue weighted by Gasteiger charge is -2.20. The highest BCUT2D eigenvalue weighted by molar-refractivity contribution is 7.15. The van der Waals surface area contributed by atoms with E-state index in [-0.39, 0.29) is 0 Å². The number of hydrogen-bond acceptors (Lipinski definition) is 4. The highest BCUT2D eigenvalue weighted by atomic mass is 32.1. The van der Waals surface area contributed by atoms with E-state index < -0.39 is 0 Å². The molecule has 1 aromatic heterocycles. The number of likely N-dealkylation sites (tertiary alicyclic amines) is 1. The Labute approximate surface area is 121 Å². The molecule has 0 amide bonds. The Bertz CT molecular complexity index is 386. The lowest BCUT2D eigenvalue weighted by Crippen LogP contribution is -2.24. The van der Waals surface area contributed by atoms with Crippen LogP contribution < -0.4 is 4.90 Å². The Balaban J connectivity index is 1.88. The first-order valence-corrected chi connectivity index (χ1v) is 8.22. The van der Waals surface area contributed by atoms with Crippen LogP contribution in [0.1, 0.15) is 38.0 Å². The van der Waals surface area contributed by atoms with Crippen molar-refractivity contribution in [3.05, 3.63) is 11.1 Å². The molecule has 108 valence electrons. The number of aromatic nitrogens is 1. The van der Waals surface area contributed by atoms with Crippen molar-refractivity contribution in [1.82, 2.24) is 9.88 Å². The lowest BCUT2D eigenvalue weighted by atomic mass is 9.89. The van der Waals surface area contributed by atoms with Gasteiger partial charge >= 0.3 is 0 Å². The maximum atomic E-state index is 4.47. The minimum Gasteiger partial charge on any atom is -0.354 e. The summed E-state index contributed by atoms with van der Waals surface area (Å²) in [5.41, 5.74) is 0. The zero-order valence-corrected chi connectivity index (χ0v) is 13.5. The lowest BCUT2D eigenvalue weighted by molar-refractivity contribution is 0.266. The van der Waals surface area contributed by atoms with Gasteiger partial charge in [-0.25, -0.2) is 4.98 Å². The SMILES string of the molecule is CC(C)[C@H]1CCCN(Cc2cnc(N(C)C)s2)CC1. The molecule has 0 N–H and O–H groups in total. The van der Waals surface area contributed by atoms with E-state index >= 15 is 0 Å². The van der Waals surface area contributed by atoms with E-state index in [0.717, 1.165) is 23.5 Å². The minimum atomic E-state index is 0.837. The van der Waals surface area contributed by atoms with Crippen molar-refractivity contribution in [3.63, 3.8) is 0 Å². The van der Waals surface area contributed by atoms with E-state index in [2.05, 4.69) is 42.7 Å². The summed E-state index contributed by atoms with van der Waals surface area (Å²) in [5, 5.41) is 1.12. The van der Waals surface area contributed by atoms with Crippen molar-refractivity contribution >= 4 is 16.5 Å². The van der Waals surface area contributed by atoms with Gasteiger partial charge in [0.1, 0.15) is 0 Å². The molecular formula is C15H27N3S. The molecule has 19 heavy (non-hydrogen) atoms. The Hall–Kier alpha value is -0.610. The second-order valence-corrected chi connectivity index (χ2v) is 7.31. The molecule has 2 rings (SSSR count). The average molecular weight is 281 g/mol. The maximum Gasteiger partial charge on any atom is 0.185 e. The van der Waals surface area contributed by atoms with E-state index in [1.165, 1.54) is 37.2 Å². The molecule has 0 spiro atoms. The van der Waals surface area contributed by atoms with Crippen molar-refractivity contribution in [1.29, 1.82) is 0 Å². The standard InChI is InChI=1S/C15H27N3S/c1-12(2)13-6-5-8-18(9-7-13)11-14-10-16-15(19-14)17(3)4/h10,12-13H,5-9,11H2,1-4H3/t13-/m0/s1. The smallest absolute Gasteiger partial charge is 0.185 e. The van der Waals surface area contributed by atoms with Crippen LogP contribution in [0.3, 0.4) is 0 Å². The predicted molar refractivity (Wildman–Crippen MR) is 83.9 cm³/mol. The van der Waals surface area contributed by atoms with Crippen LogP contribution in [0, 0.1) is 11.8 Å². The first-order chi connectivity index (χ1) is 9.06.